The normalized spacial score (nSPS) is 17.9. The molecule has 0 heterocycles. The third-order valence-electron chi connectivity index (χ3n) is 3.50. The van der Waals surface area contributed by atoms with E-state index in [-0.39, 0.29) is 6.03 Å². The molecule has 2 amide bonds. The van der Waals surface area contributed by atoms with Crippen molar-refractivity contribution in [1.29, 1.82) is 0 Å². The Hall–Kier alpha value is -1.71. The van der Waals surface area contributed by atoms with Gasteiger partial charge in [-0.25, -0.2) is 4.79 Å². The van der Waals surface area contributed by atoms with Crippen molar-refractivity contribution in [2.75, 3.05) is 6.61 Å². The standard InChI is InChI=1S/C15H20N2O2/c18-15(17-13-7-8-13)16-9-12-3-1-2-4-14(12)19-10-11-5-6-11/h1-4,11,13H,5-10H2,(H2,16,17,18). The lowest BCUT2D eigenvalue weighted by atomic mass is 10.2. The number of nitrogens with one attached hydrogen (secondary N) is 2. The number of amides is 2. The van der Waals surface area contributed by atoms with Gasteiger partial charge in [-0.3, -0.25) is 0 Å². The predicted molar refractivity (Wildman–Crippen MR) is 73.1 cm³/mol. The molecule has 1 aromatic carbocycles. The van der Waals surface area contributed by atoms with Gasteiger partial charge in [0.25, 0.3) is 0 Å². The van der Waals surface area contributed by atoms with E-state index in [4.69, 9.17) is 4.74 Å². The average molecular weight is 260 g/mol. The summed E-state index contributed by atoms with van der Waals surface area (Å²) < 4.78 is 5.82. The highest BCUT2D eigenvalue weighted by Gasteiger charge is 2.23. The molecule has 2 aliphatic rings. The van der Waals surface area contributed by atoms with Gasteiger partial charge in [0.1, 0.15) is 5.75 Å². The minimum absolute atomic E-state index is 0.0838. The smallest absolute Gasteiger partial charge is 0.315 e. The van der Waals surface area contributed by atoms with Gasteiger partial charge in [0.2, 0.25) is 0 Å². The first-order chi connectivity index (χ1) is 9.31. The monoisotopic (exact) mass is 260 g/mol. The summed E-state index contributed by atoms with van der Waals surface area (Å²) in [5, 5.41) is 5.80. The molecule has 2 fully saturated rings. The summed E-state index contributed by atoms with van der Waals surface area (Å²) in [7, 11) is 0. The minimum Gasteiger partial charge on any atom is -0.493 e. The number of rotatable bonds is 6. The SMILES string of the molecule is O=C(NCc1ccccc1OCC1CC1)NC1CC1. The molecule has 3 rings (SSSR count). The number of ether oxygens (including phenoxy) is 1. The Kier molecular flexibility index (Phi) is 3.58. The topological polar surface area (TPSA) is 50.4 Å². The maximum atomic E-state index is 11.6. The molecule has 0 unspecified atom stereocenters. The fraction of sp³-hybridized carbons (Fsp3) is 0.533. The molecule has 2 saturated carbocycles. The van der Waals surface area contributed by atoms with Crippen LogP contribution in [0.5, 0.6) is 5.75 Å². The van der Waals surface area contributed by atoms with Crippen LogP contribution in [0.1, 0.15) is 31.2 Å². The Morgan fingerprint density at radius 2 is 2.00 bits per heavy atom. The van der Waals surface area contributed by atoms with Crippen LogP contribution in [0.15, 0.2) is 24.3 Å². The van der Waals surface area contributed by atoms with E-state index in [1.54, 1.807) is 0 Å². The zero-order chi connectivity index (χ0) is 13.1. The molecule has 0 aromatic heterocycles. The van der Waals surface area contributed by atoms with Gasteiger partial charge in [0.15, 0.2) is 0 Å². The maximum absolute atomic E-state index is 11.6. The maximum Gasteiger partial charge on any atom is 0.315 e. The molecular formula is C15H20N2O2. The van der Waals surface area contributed by atoms with Crippen LogP contribution in [0.2, 0.25) is 0 Å². The second-order valence-corrected chi connectivity index (χ2v) is 5.46. The lowest BCUT2D eigenvalue weighted by Gasteiger charge is -2.12. The van der Waals surface area contributed by atoms with Crippen LogP contribution in [-0.4, -0.2) is 18.7 Å². The van der Waals surface area contributed by atoms with Gasteiger partial charge in [-0.1, -0.05) is 18.2 Å². The van der Waals surface area contributed by atoms with Crippen LogP contribution in [-0.2, 0) is 6.54 Å². The number of hydrogen-bond donors (Lipinski definition) is 2. The van der Waals surface area contributed by atoms with Crippen LogP contribution in [0.4, 0.5) is 4.79 Å². The number of para-hydroxylation sites is 1. The summed E-state index contributed by atoms with van der Waals surface area (Å²) in [6, 6.07) is 8.22. The molecule has 2 aliphatic carbocycles. The van der Waals surface area contributed by atoms with E-state index in [1.807, 2.05) is 24.3 Å². The van der Waals surface area contributed by atoms with E-state index < -0.39 is 0 Å². The molecule has 2 N–H and O–H groups in total. The van der Waals surface area contributed by atoms with E-state index in [2.05, 4.69) is 10.6 Å². The van der Waals surface area contributed by atoms with Crippen molar-refractivity contribution in [1.82, 2.24) is 10.6 Å². The van der Waals surface area contributed by atoms with Crippen LogP contribution < -0.4 is 15.4 Å². The summed E-state index contributed by atoms with van der Waals surface area (Å²) in [6.07, 6.45) is 4.78. The Labute approximate surface area is 113 Å². The van der Waals surface area contributed by atoms with Gasteiger partial charge >= 0.3 is 6.03 Å². The van der Waals surface area contributed by atoms with Crippen LogP contribution in [0.3, 0.4) is 0 Å². The number of carbonyl (C=O) groups excluding carboxylic acids is 1. The van der Waals surface area contributed by atoms with E-state index in [9.17, 15) is 4.79 Å². The minimum atomic E-state index is -0.0838. The fourth-order valence-electron chi connectivity index (χ4n) is 1.92. The molecule has 102 valence electrons. The molecule has 0 bridgehead atoms. The molecule has 4 nitrogen and oxygen atoms in total. The first-order valence-corrected chi connectivity index (χ1v) is 7.06. The molecule has 19 heavy (non-hydrogen) atoms. The highest BCUT2D eigenvalue weighted by Crippen LogP contribution is 2.30. The Morgan fingerprint density at radius 1 is 1.21 bits per heavy atom. The lowest BCUT2D eigenvalue weighted by Crippen LogP contribution is -2.36. The molecule has 0 spiro atoms. The van der Waals surface area contributed by atoms with Gasteiger partial charge in [-0.15, -0.1) is 0 Å². The largest absolute Gasteiger partial charge is 0.493 e. The summed E-state index contributed by atoms with van der Waals surface area (Å²) >= 11 is 0. The summed E-state index contributed by atoms with van der Waals surface area (Å²) in [4.78, 5) is 11.6. The van der Waals surface area contributed by atoms with Crippen molar-refractivity contribution in [3.8, 4) is 5.75 Å². The number of urea groups is 1. The third kappa shape index (κ3) is 3.88. The van der Waals surface area contributed by atoms with Crippen molar-refractivity contribution in [2.45, 2.75) is 38.3 Å². The van der Waals surface area contributed by atoms with Crippen molar-refractivity contribution < 1.29 is 9.53 Å². The molecule has 0 aliphatic heterocycles. The van der Waals surface area contributed by atoms with Crippen LogP contribution >= 0.6 is 0 Å². The number of hydrogen-bond acceptors (Lipinski definition) is 2. The van der Waals surface area contributed by atoms with Crippen LogP contribution in [0, 0.1) is 5.92 Å². The van der Waals surface area contributed by atoms with E-state index in [1.165, 1.54) is 12.8 Å². The molecular weight excluding hydrogens is 240 g/mol. The van der Waals surface area contributed by atoms with Crippen molar-refractivity contribution in [3.63, 3.8) is 0 Å². The van der Waals surface area contributed by atoms with Gasteiger partial charge in [0.05, 0.1) is 6.61 Å². The molecule has 1 aromatic rings. The second-order valence-electron chi connectivity index (χ2n) is 5.46. The highest BCUT2D eigenvalue weighted by molar-refractivity contribution is 5.74. The van der Waals surface area contributed by atoms with Gasteiger partial charge < -0.3 is 15.4 Å². The Morgan fingerprint density at radius 3 is 2.74 bits per heavy atom. The summed E-state index contributed by atoms with van der Waals surface area (Å²) in [5.41, 5.74) is 1.04. The molecule has 0 saturated heterocycles. The quantitative estimate of drug-likeness (QED) is 0.825. The number of benzene rings is 1. The van der Waals surface area contributed by atoms with Crippen molar-refractivity contribution >= 4 is 6.03 Å². The first kappa shape index (κ1) is 12.3. The zero-order valence-electron chi connectivity index (χ0n) is 11.0. The average Bonchev–Trinajstić information content (AvgIpc) is 3.29. The third-order valence-corrected chi connectivity index (χ3v) is 3.50. The van der Waals surface area contributed by atoms with E-state index in [0.717, 1.165) is 36.7 Å². The van der Waals surface area contributed by atoms with Gasteiger partial charge in [-0.2, -0.15) is 0 Å². The van der Waals surface area contributed by atoms with Crippen LogP contribution in [0.25, 0.3) is 0 Å². The Bertz CT molecular complexity index is 453. The fourth-order valence-corrected chi connectivity index (χ4v) is 1.92. The number of carbonyl (C=O) groups is 1. The predicted octanol–water partition coefficient (Wildman–Crippen LogP) is 2.44. The van der Waals surface area contributed by atoms with E-state index >= 15 is 0 Å². The molecule has 4 heteroatoms. The second kappa shape index (κ2) is 5.51. The lowest BCUT2D eigenvalue weighted by molar-refractivity contribution is 0.239. The molecule has 0 atom stereocenters. The highest BCUT2D eigenvalue weighted by atomic mass is 16.5. The summed E-state index contributed by atoms with van der Waals surface area (Å²) in [6.45, 7) is 1.31. The van der Waals surface area contributed by atoms with Crippen molar-refractivity contribution in [2.24, 2.45) is 5.92 Å². The van der Waals surface area contributed by atoms with Gasteiger partial charge in [0, 0.05) is 18.2 Å². The molecule has 0 radical (unpaired) electrons. The van der Waals surface area contributed by atoms with E-state index in [0.29, 0.717) is 12.6 Å². The zero-order valence-corrected chi connectivity index (χ0v) is 11.0. The summed E-state index contributed by atoms with van der Waals surface area (Å²) in [5.74, 6) is 1.63. The van der Waals surface area contributed by atoms with Gasteiger partial charge in [-0.05, 0) is 37.7 Å². The Balaban J connectivity index is 1.51. The van der Waals surface area contributed by atoms with Crippen molar-refractivity contribution in [3.05, 3.63) is 29.8 Å². The first-order valence-electron chi connectivity index (χ1n) is 7.06.